The first-order valence-electron chi connectivity index (χ1n) is 12.0. The molecule has 1 atom stereocenters. The molecule has 0 bridgehead atoms. The van der Waals surface area contributed by atoms with Crippen LogP contribution in [0.2, 0.25) is 0 Å². The lowest BCUT2D eigenvalue weighted by Crippen LogP contribution is -2.42. The summed E-state index contributed by atoms with van der Waals surface area (Å²) < 4.78 is 22.9. The molecule has 36 heavy (non-hydrogen) atoms. The Labute approximate surface area is 208 Å². The number of unbranched alkanes of at least 4 members (excludes halogenated alkanes) is 1. The fraction of sp³-hybridized carbons (Fsp3) is 0.370. The smallest absolute Gasteiger partial charge is 0.326 e. The minimum absolute atomic E-state index is 0.201. The van der Waals surface area contributed by atoms with Crippen LogP contribution in [-0.2, 0) is 9.59 Å². The highest BCUT2D eigenvalue weighted by atomic mass is 16.5. The fourth-order valence-electron chi connectivity index (χ4n) is 4.08. The van der Waals surface area contributed by atoms with E-state index in [0.29, 0.717) is 71.2 Å². The van der Waals surface area contributed by atoms with E-state index in [1.165, 1.54) is 0 Å². The Morgan fingerprint density at radius 1 is 1.11 bits per heavy atom. The minimum Gasteiger partial charge on any atom is -0.490 e. The molecule has 2 heterocycles. The lowest BCUT2D eigenvalue weighted by atomic mass is 10.0. The Bertz CT molecular complexity index is 1330. The SMILES string of the molecule is CCCC[C@@H](NC(=O)COc1ccc2c(=O)c(-c3ccc4c(c3)OCCCO4)c(C)oc2c1)C(=O)O. The molecule has 0 aliphatic carbocycles. The predicted octanol–water partition coefficient (Wildman–Crippen LogP) is 4.07. The van der Waals surface area contributed by atoms with E-state index in [2.05, 4.69) is 5.32 Å². The molecule has 1 aliphatic rings. The number of carbonyl (C=O) groups excluding carboxylic acids is 1. The molecule has 9 heteroatoms. The average Bonchev–Trinajstić information content (AvgIpc) is 3.10. The van der Waals surface area contributed by atoms with Crippen LogP contribution in [0.3, 0.4) is 0 Å². The summed E-state index contributed by atoms with van der Waals surface area (Å²) in [6.07, 6.45) is 2.65. The van der Waals surface area contributed by atoms with Crippen molar-refractivity contribution in [2.24, 2.45) is 0 Å². The monoisotopic (exact) mass is 495 g/mol. The predicted molar refractivity (Wildman–Crippen MR) is 133 cm³/mol. The molecule has 1 aromatic heterocycles. The Hall–Kier alpha value is -4.01. The molecule has 0 spiro atoms. The molecule has 1 aliphatic heterocycles. The summed E-state index contributed by atoms with van der Waals surface area (Å²) in [5.74, 6) is 0.363. The molecule has 190 valence electrons. The second-order valence-corrected chi connectivity index (χ2v) is 8.62. The van der Waals surface area contributed by atoms with Crippen molar-refractivity contribution in [1.82, 2.24) is 5.32 Å². The number of carboxylic acid groups (broad SMARTS) is 1. The molecule has 1 amide bonds. The quantitative estimate of drug-likeness (QED) is 0.455. The van der Waals surface area contributed by atoms with Gasteiger partial charge in [0.2, 0.25) is 5.43 Å². The number of hydrogen-bond acceptors (Lipinski definition) is 7. The summed E-state index contributed by atoms with van der Waals surface area (Å²) >= 11 is 0. The molecule has 9 nitrogen and oxygen atoms in total. The molecule has 0 saturated heterocycles. The van der Waals surface area contributed by atoms with Crippen molar-refractivity contribution in [2.45, 2.75) is 45.6 Å². The van der Waals surface area contributed by atoms with Crippen molar-refractivity contribution in [3.8, 4) is 28.4 Å². The molecule has 3 aromatic rings. The first-order valence-corrected chi connectivity index (χ1v) is 12.0. The Kier molecular flexibility index (Phi) is 7.77. The highest BCUT2D eigenvalue weighted by molar-refractivity contribution is 5.85. The first kappa shape index (κ1) is 25.1. The van der Waals surface area contributed by atoms with E-state index in [1.54, 1.807) is 43.3 Å². The van der Waals surface area contributed by atoms with Crippen LogP contribution in [-0.4, -0.2) is 42.8 Å². The standard InChI is InChI=1S/C27H29NO8/c1-3-4-6-20(27(31)32)28-24(29)15-35-18-8-9-19-22(14-18)36-16(2)25(26(19)30)17-7-10-21-23(13-17)34-12-5-11-33-21/h7-10,13-14,20H,3-6,11-12,15H2,1-2H3,(H,28,29)(H,31,32)/t20-/m1/s1. The van der Waals surface area contributed by atoms with Gasteiger partial charge in [-0.2, -0.15) is 0 Å². The summed E-state index contributed by atoms with van der Waals surface area (Å²) in [6.45, 7) is 4.42. The highest BCUT2D eigenvalue weighted by Crippen LogP contribution is 2.35. The summed E-state index contributed by atoms with van der Waals surface area (Å²) in [4.78, 5) is 36.9. The van der Waals surface area contributed by atoms with Gasteiger partial charge in [-0.15, -0.1) is 0 Å². The van der Waals surface area contributed by atoms with E-state index >= 15 is 0 Å². The number of aliphatic carboxylic acids is 1. The molecular formula is C27H29NO8. The highest BCUT2D eigenvalue weighted by Gasteiger charge is 2.20. The van der Waals surface area contributed by atoms with Gasteiger partial charge in [-0.3, -0.25) is 9.59 Å². The average molecular weight is 496 g/mol. The summed E-state index contributed by atoms with van der Waals surface area (Å²) in [5, 5.41) is 12.1. The largest absolute Gasteiger partial charge is 0.490 e. The van der Waals surface area contributed by atoms with Gasteiger partial charge in [-0.25, -0.2) is 4.79 Å². The maximum Gasteiger partial charge on any atom is 0.326 e. The minimum atomic E-state index is -1.08. The van der Waals surface area contributed by atoms with Crippen LogP contribution in [0.25, 0.3) is 22.1 Å². The first-order chi connectivity index (χ1) is 17.4. The zero-order chi connectivity index (χ0) is 25.7. The lowest BCUT2D eigenvalue weighted by molar-refractivity contribution is -0.142. The topological polar surface area (TPSA) is 124 Å². The van der Waals surface area contributed by atoms with E-state index in [1.807, 2.05) is 6.92 Å². The van der Waals surface area contributed by atoms with Gasteiger partial charge in [0.25, 0.3) is 5.91 Å². The summed E-state index contributed by atoms with van der Waals surface area (Å²) in [6, 6.07) is 9.12. The normalized spacial score (nSPS) is 13.6. The number of aryl methyl sites for hydroxylation is 1. The van der Waals surface area contributed by atoms with Crippen LogP contribution in [0, 0.1) is 6.92 Å². The number of amides is 1. The molecule has 4 rings (SSSR count). The number of ether oxygens (including phenoxy) is 3. The number of rotatable bonds is 9. The molecule has 0 radical (unpaired) electrons. The van der Waals surface area contributed by atoms with E-state index in [4.69, 9.17) is 18.6 Å². The second-order valence-electron chi connectivity index (χ2n) is 8.62. The van der Waals surface area contributed by atoms with Gasteiger partial charge in [0.1, 0.15) is 23.1 Å². The van der Waals surface area contributed by atoms with E-state index < -0.39 is 17.9 Å². The number of carbonyl (C=O) groups is 2. The van der Waals surface area contributed by atoms with Crippen molar-refractivity contribution in [3.05, 3.63) is 52.4 Å². The third-order valence-electron chi connectivity index (χ3n) is 5.93. The van der Waals surface area contributed by atoms with Gasteiger partial charge >= 0.3 is 5.97 Å². The van der Waals surface area contributed by atoms with Crippen molar-refractivity contribution in [1.29, 1.82) is 0 Å². The van der Waals surface area contributed by atoms with Gasteiger partial charge in [-0.05, 0) is 43.2 Å². The third kappa shape index (κ3) is 5.62. The Balaban J connectivity index is 1.52. The fourth-order valence-corrected chi connectivity index (χ4v) is 4.08. The van der Waals surface area contributed by atoms with Gasteiger partial charge in [0.05, 0.1) is 24.2 Å². The summed E-state index contributed by atoms with van der Waals surface area (Å²) in [7, 11) is 0. The Morgan fingerprint density at radius 3 is 2.64 bits per heavy atom. The van der Waals surface area contributed by atoms with Gasteiger partial charge < -0.3 is 29.1 Å². The zero-order valence-corrected chi connectivity index (χ0v) is 20.3. The van der Waals surface area contributed by atoms with Crippen LogP contribution in [0.4, 0.5) is 0 Å². The number of nitrogens with one attached hydrogen (secondary N) is 1. The van der Waals surface area contributed by atoms with Crippen molar-refractivity contribution in [2.75, 3.05) is 19.8 Å². The number of hydrogen-bond donors (Lipinski definition) is 2. The van der Waals surface area contributed by atoms with E-state index in [0.717, 1.165) is 12.8 Å². The van der Waals surface area contributed by atoms with E-state index in [-0.39, 0.29) is 12.0 Å². The zero-order valence-electron chi connectivity index (χ0n) is 20.3. The number of fused-ring (bicyclic) bond motifs is 2. The van der Waals surface area contributed by atoms with Crippen LogP contribution in [0.1, 0.15) is 38.4 Å². The second kappa shape index (κ2) is 11.2. The van der Waals surface area contributed by atoms with E-state index in [9.17, 15) is 19.5 Å². The van der Waals surface area contributed by atoms with Crippen molar-refractivity contribution >= 4 is 22.8 Å². The van der Waals surface area contributed by atoms with Gasteiger partial charge in [0, 0.05) is 12.5 Å². The van der Waals surface area contributed by atoms with Crippen LogP contribution in [0.5, 0.6) is 17.2 Å². The van der Waals surface area contributed by atoms with Gasteiger partial charge in [0.15, 0.2) is 18.1 Å². The van der Waals surface area contributed by atoms with Crippen molar-refractivity contribution in [3.63, 3.8) is 0 Å². The molecular weight excluding hydrogens is 466 g/mol. The molecule has 0 fully saturated rings. The van der Waals surface area contributed by atoms with Crippen LogP contribution in [0.15, 0.2) is 45.6 Å². The molecule has 2 aromatic carbocycles. The van der Waals surface area contributed by atoms with Gasteiger partial charge in [-0.1, -0.05) is 25.8 Å². The molecule has 0 saturated carbocycles. The van der Waals surface area contributed by atoms with Crippen LogP contribution < -0.4 is 25.0 Å². The number of carboxylic acids is 1. The summed E-state index contributed by atoms with van der Waals surface area (Å²) in [5.41, 5.74) is 1.21. The Morgan fingerprint density at radius 2 is 1.89 bits per heavy atom. The lowest BCUT2D eigenvalue weighted by Gasteiger charge is -2.14. The maximum atomic E-state index is 13.3. The van der Waals surface area contributed by atoms with Crippen LogP contribution >= 0.6 is 0 Å². The van der Waals surface area contributed by atoms with Crippen molar-refractivity contribution < 1.29 is 33.3 Å². The maximum absolute atomic E-state index is 13.3. The molecule has 0 unspecified atom stereocenters. The number of benzene rings is 2. The molecule has 2 N–H and O–H groups in total. The third-order valence-corrected chi connectivity index (χ3v) is 5.93.